The fourth-order valence-corrected chi connectivity index (χ4v) is 2.32. The highest BCUT2D eigenvalue weighted by Crippen LogP contribution is 2.28. The predicted octanol–water partition coefficient (Wildman–Crippen LogP) is 4.77. The van der Waals surface area contributed by atoms with Crippen molar-refractivity contribution in [2.75, 3.05) is 5.32 Å². The van der Waals surface area contributed by atoms with Crippen LogP contribution in [-0.4, -0.2) is 4.98 Å². The van der Waals surface area contributed by atoms with Gasteiger partial charge in [-0.2, -0.15) is 0 Å². The number of aromatic nitrogens is 1. The number of hydrogen-bond donors (Lipinski definition) is 1. The lowest BCUT2D eigenvalue weighted by Gasteiger charge is -2.14. The van der Waals surface area contributed by atoms with E-state index >= 15 is 0 Å². The number of halogens is 2. The Morgan fingerprint density at radius 3 is 2.56 bits per heavy atom. The number of furan rings is 1. The summed E-state index contributed by atoms with van der Waals surface area (Å²) < 4.78 is 5.51. The van der Waals surface area contributed by atoms with Crippen molar-refractivity contribution in [3.05, 3.63) is 45.5 Å². The van der Waals surface area contributed by atoms with Gasteiger partial charge in [0.1, 0.15) is 17.3 Å². The number of pyridine rings is 1. The normalized spacial score (nSPS) is 12.5. The van der Waals surface area contributed by atoms with Crippen LogP contribution in [0.5, 0.6) is 0 Å². The van der Waals surface area contributed by atoms with E-state index in [-0.39, 0.29) is 6.04 Å². The van der Waals surface area contributed by atoms with Crippen LogP contribution in [0.1, 0.15) is 30.0 Å². The van der Waals surface area contributed by atoms with Gasteiger partial charge in [0, 0.05) is 11.8 Å². The minimum Gasteiger partial charge on any atom is -0.466 e. The molecule has 0 bridgehead atoms. The minimum atomic E-state index is 0.0635. The monoisotopic (exact) mass is 284 g/mol. The highest BCUT2D eigenvalue weighted by molar-refractivity contribution is 6.35. The lowest BCUT2D eigenvalue weighted by molar-refractivity contribution is 0.500. The predicted molar refractivity (Wildman–Crippen MR) is 74.5 cm³/mol. The van der Waals surface area contributed by atoms with Crippen LogP contribution in [0.3, 0.4) is 0 Å². The number of nitrogens with one attached hydrogen (secondary N) is 1. The third-order valence-electron chi connectivity index (χ3n) is 2.71. The SMILES string of the molecule is Cc1cc(C(C)Nc2ncc(Cl)cc2Cl)c(C)o1. The van der Waals surface area contributed by atoms with Crippen molar-refractivity contribution in [2.45, 2.75) is 26.8 Å². The Labute approximate surface area is 116 Å². The number of hydrogen-bond acceptors (Lipinski definition) is 3. The Kier molecular flexibility index (Phi) is 3.83. The van der Waals surface area contributed by atoms with Crippen molar-refractivity contribution >= 4 is 29.0 Å². The minimum absolute atomic E-state index is 0.0635. The van der Waals surface area contributed by atoms with E-state index in [9.17, 15) is 0 Å². The van der Waals surface area contributed by atoms with Gasteiger partial charge in [-0.05, 0) is 32.9 Å². The molecule has 0 aliphatic heterocycles. The van der Waals surface area contributed by atoms with Gasteiger partial charge in [0.15, 0.2) is 0 Å². The van der Waals surface area contributed by atoms with Crippen LogP contribution in [-0.2, 0) is 0 Å². The van der Waals surface area contributed by atoms with E-state index in [1.54, 1.807) is 12.3 Å². The molecule has 0 fully saturated rings. The van der Waals surface area contributed by atoms with Crippen molar-refractivity contribution in [3.63, 3.8) is 0 Å². The molecule has 1 N–H and O–H groups in total. The molecule has 0 aliphatic carbocycles. The summed E-state index contributed by atoms with van der Waals surface area (Å²) in [5.41, 5.74) is 1.10. The summed E-state index contributed by atoms with van der Waals surface area (Å²) in [6, 6.07) is 3.74. The largest absolute Gasteiger partial charge is 0.466 e. The first-order valence-electron chi connectivity index (χ1n) is 5.62. The molecule has 0 aromatic carbocycles. The van der Waals surface area contributed by atoms with E-state index in [0.29, 0.717) is 15.9 Å². The topological polar surface area (TPSA) is 38.1 Å². The van der Waals surface area contributed by atoms with E-state index in [1.807, 2.05) is 26.8 Å². The smallest absolute Gasteiger partial charge is 0.145 e. The van der Waals surface area contributed by atoms with Crippen LogP contribution in [0.4, 0.5) is 5.82 Å². The van der Waals surface area contributed by atoms with Gasteiger partial charge in [0.25, 0.3) is 0 Å². The zero-order valence-corrected chi connectivity index (χ0v) is 11.9. The van der Waals surface area contributed by atoms with E-state index in [2.05, 4.69) is 10.3 Å². The van der Waals surface area contributed by atoms with E-state index in [0.717, 1.165) is 17.1 Å². The molecule has 2 heterocycles. The zero-order valence-electron chi connectivity index (χ0n) is 10.4. The molecule has 1 unspecified atom stereocenters. The Balaban J connectivity index is 2.21. The van der Waals surface area contributed by atoms with Gasteiger partial charge < -0.3 is 9.73 Å². The second kappa shape index (κ2) is 5.21. The zero-order chi connectivity index (χ0) is 13.3. The molecule has 0 amide bonds. The lowest BCUT2D eigenvalue weighted by Crippen LogP contribution is -2.08. The molecule has 0 spiro atoms. The number of aryl methyl sites for hydroxylation is 2. The van der Waals surface area contributed by atoms with E-state index < -0.39 is 0 Å². The average molecular weight is 285 g/mol. The summed E-state index contributed by atoms with van der Waals surface area (Å²) in [4.78, 5) is 4.17. The number of rotatable bonds is 3. The van der Waals surface area contributed by atoms with Crippen LogP contribution < -0.4 is 5.32 Å². The first-order chi connectivity index (χ1) is 8.47. The molecule has 2 aromatic rings. The molecule has 2 rings (SSSR count). The quantitative estimate of drug-likeness (QED) is 0.882. The third-order valence-corrected chi connectivity index (χ3v) is 3.20. The molecule has 3 nitrogen and oxygen atoms in total. The number of nitrogens with zero attached hydrogens (tertiary/aromatic N) is 1. The molecular formula is C13H14Cl2N2O. The maximum absolute atomic E-state index is 6.07. The molecule has 0 saturated heterocycles. The second-order valence-corrected chi connectivity index (χ2v) is 5.06. The molecule has 96 valence electrons. The van der Waals surface area contributed by atoms with Crippen LogP contribution >= 0.6 is 23.2 Å². The van der Waals surface area contributed by atoms with Crippen molar-refractivity contribution in [1.29, 1.82) is 0 Å². The summed E-state index contributed by atoms with van der Waals surface area (Å²) in [5, 5.41) is 4.27. The molecule has 0 radical (unpaired) electrons. The maximum Gasteiger partial charge on any atom is 0.145 e. The first-order valence-corrected chi connectivity index (χ1v) is 6.37. The first kappa shape index (κ1) is 13.2. The number of anilines is 1. The molecule has 1 atom stereocenters. The van der Waals surface area contributed by atoms with Crippen molar-refractivity contribution in [3.8, 4) is 0 Å². The highest BCUT2D eigenvalue weighted by Gasteiger charge is 2.14. The maximum atomic E-state index is 6.07. The van der Waals surface area contributed by atoms with Gasteiger partial charge in [-0.1, -0.05) is 23.2 Å². The molecule has 0 aliphatic rings. The van der Waals surface area contributed by atoms with Gasteiger partial charge in [-0.3, -0.25) is 0 Å². The second-order valence-electron chi connectivity index (χ2n) is 4.22. The summed E-state index contributed by atoms with van der Waals surface area (Å²) in [6.45, 7) is 5.90. The Bertz CT molecular complexity index is 566. The Hall–Kier alpha value is -1.19. The van der Waals surface area contributed by atoms with Crippen molar-refractivity contribution in [1.82, 2.24) is 4.98 Å². The van der Waals surface area contributed by atoms with Gasteiger partial charge >= 0.3 is 0 Å². The van der Waals surface area contributed by atoms with E-state index in [4.69, 9.17) is 27.6 Å². The van der Waals surface area contributed by atoms with Gasteiger partial charge in [0.2, 0.25) is 0 Å². The molecule has 2 aromatic heterocycles. The summed E-state index contributed by atoms with van der Waals surface area (Å²) >= 11 is 11.9. The fourth-order valence-electron chi connectivity index (χ4n) is 1.88. The van der Waals surface area contributed by atoms with Gasteiger partial charge in [-0.15, -0.1) is 0 Å². The van der Waals surface area contributed by atoms with Crippen LogP contribution in [0.15, 0.2) is 22.7 Å². The Morgan fingerprint density at radius 1 is 1.28 bits per heavy atom. The average Bonchev–Trinajstić information content (AvgIpc) is 2.62. The van der Waals surface area contributed by atoms with Crippen molar-refractivity contribution < 1.29 is 4.42 Å². The molecule has 18 heavy (non-hydrogen) atoms. The van der Waals surface area contributed by atoms with Crippen molar-refractivity contribution in [2.24, 2.45) is 0 Å². The molecular weight excluding hydrogens is 271 g/mol. The van der Waals surface area contributed by atoms with Gasteiger partial charge in [-0.25, -0.2) is 4.98 Å². The summed E-state index contributed by atoms with van der Waals surface area (Å²) in [6.07, 6.45) is 1.57. The fraction of sp³-hybridized carbons (Fsp3) is 0.308. The Morgan fingerprint density at radius 2 is 2.00 bits per heavy atom. The van der Waals surface area contributed by atoms with Gasteiger partial charge in [0.05, 0.1) is 16.1 Å². The standard InChI is InChI=1S/C13H14Cl2N2O/c1-7-4-11(9(3)18-7)8(2)17-13-12(15)5-10(14)6-16-13/h4-6,8H,1-3H3,(H,16,17). The molecule has 5 heteroatoms. The van der Waals surface area contributed by atoms with Crippen LogP contribution in [0.2, 0.25) is 10.0 Å². The van der Waals surface area contributed by atoms with Crippen LogP contribution in [0.25, 0.3) is 0 Å². The van der Waals surface area contributed by atoms with E-state index in [1.165, 1.54) is 0 Å². The molecule has 0 saturated carbocycles. The van der Waals surface area contributed by atoms with Crippen LogP contribution in [0, 0.1) is 13.8 Å². The summed E-state index contributed by atoms with van der Waals surface area (Å²) in [7, 11) is 0. The third kappa shape index (κ3) is 2.79. The summed E-state index contributed by atoms with van der Waals surface area (Å²) in [5.74, 6) is 2.41. The lowest BCUT2D eigenvalue weighted by atomic mass is 10.1. The highest BCUT2D eigenvalue weighted by atomic mass is 35.5.